The van der Waals surface area contributed by atoms with Gasteiger partial charge in [-0.2, -0.15) is 15.0 Å². The molecular formula is C9H6N4. The van der Waals surface area contributed by atoms with E-state index in [2.05, 4.69) is 21.1 Å². The molecule has 2 aromatic heterocycles. The number of aromatic nitrogens is 4. The molecule has 0 aliphatic heterocycles. The minimum Gasteiger partial charge on any atom is -0.261 e. The fourth-order valence-electron chi connectivity index (χ4n) is 0.965. The number of rotatable bonds is 1. The van der Waals surface area contributed by atoms with E-state index in [4.69, 9.17) is 6.42 Å². The monoisotopic (exact) mass is 170 g/mol. The van der Waals surface area contributed by atoms with Crippen molar-refractivity contribution in [1.29, 1.82) is 0 Å². The lowest BCUT2D eigenvalue weighted by molar-refractivity contribution is 0.748. The fourth-order valence-corrected chi connectivity index (χ4v) is 0.965. The minimum atomic E-state index is 0.717. The van der Waals surface area contributed by atoms with Gasteiger partial charge < -0.3 is 0 Å². The quantitative estimate of drug-likeness (QED) is 0.590. The van der Waals surface area contributed by atoms with Gasteiger partial charge in [-0.25, -0.2) is 0 Å². The van der Waals surface area contributed by atoms with Crippen molar-refractivity contribution in [2.75, 3.05) is 0 Å². The average molecular weight is 170 g/mol. The molecule has 13 heavy (non-hydrogen) atoms. The molecule has 0 aliphatic carbocycles. The third-order valence-electron chi connectivity index (χ3n) is 1.54. The lowest BCUT2D eigenvalue weighted by Crippen LogP contribution is -1.99. The molecule has 62 valence electrons. The molecule has 0 aromatic carbocycles. The van der Waals surface area contributed by atoms with Crippen LogP contribution in [-0.2, 0) is 0 Å². The van der Waals surface area contributed by atoms with E-state index in [0.717, 1.165) is 11.3 Å². The molecule has 0 spiro atoms. The molecule has 0 radical (unpaired) electrons. The van der Waals surface area contributed by atoms with Gasteiger partial charge in [-0.15, -0.1) is 6.42 Å². The largest absolute Gasteiger partial charge is 0.261 e. The molecule has 0 saturated carbocycles. The van der Waals surface area contributed by atoms with Gasteiger partial charge >= 0.3 is 0 Å². The summed E-state index contributed by atoms with van der Waals surface area (Å²) >= 11 is 0. The summed E-state index contributed by atoms with van der Waals surface area (Å²) in [6.07, 6.45) is 11.7. The van der Waals surface area contributed by atoms with E-state index in [9.17, 15) is 0 Å². The number of terminal acetylenes is 1. The fraction of sp³-hybridized carbons (Fsp3) is 0. The summed E-state index contributed by atoms with van der Waals surface area (Å²) in [6.45, 7) is 0. The van der Waals surface area contributed by atoms with Gasteiger partial charge in [0.15, 0.2) is 0 Å². The Hall–Kier alpha value is -2.15. The molecule has 0 unspecified atom stereocenters. The molecule has 0 atom stereocenters. The van der Waals surface area contributed by atoms with Gasteiger partial charge in [-0.05, 0) is 6.07 Å². The molecule has 0 fully saturated rings. The lowest BCUT2D eigenvalue weighted by atomic mass is 10.3. The summed E-state index contributed by atoms with van der Waals surface area (Å²) < 4.78 is 0. The number of hydrogen-bond donors (Lipinski definition) is 0. The first-order chi connectivity index (χ1) is 6.40. The van der Waals surface area contributed by atoms with Gasteiger partial charge in [0.25, 0.3) is 0 Å². The molecule has 0 amide bonds. The van der Waals surface area contributed by atoms with Crippen LogP contribution < -0.4 is 0 Å². The number of hydrogen-bond acceptors (Lipinski definition) is 3. The van der Waals surface area contributed by atoms with E-state index in [1.54, 1.807) is 30.9 Å². The predicted octanol–water partition coefficient (Wildman–Crippen LogP) is 0.644. The van der Waals surface area contributed by atoms with Gasteiger partial charge in [0, 0.05) is 11.8 Å². The highest BCUT2D eigenvalue weighted by Gasteiger charge is 1.97. The third kappa shape index (κ3) is 1.40. The van der Waals surface area contributed by atoms with Crippen molar-refractivity contribution < 1.29 is 0 Å². The minimum absolute atomic E-state index is 0.717. The van der Waals surface area contributed by atoms with E-state index in [-0.39, 0.29) is 0 Å². The van der Waals surface area contributed by atoms with E-state index in [1.165, 1.54) is 4.80 Å². The van der Waals surface area contributed by atoms with Crippen molar-refractivity contribution in [2.24, 2.45) is 0 Å². The topological polar surface area (TPSA) is 43.6 Å². The smallest absolute Gasteiger partial charge is 0.105 e. The first kappa shape index (κ1) is 7.50. The molecule has 0 saturated heterocycles. The van der Waals surface area contributed by atoms with Crippen LogP contribution in [0.25, 0.3) is 5.69 Å². The van der Waals surface area contributed by atoms with Gasteiger partial charge in [-0.3, -0.25) is 4.98 Å². The van der Waals surface area contributed by atoms with Crippen LogP contribution in [0, 0.1) is 12.3 Å². The third-order valence-corrected chi connectivity index (χ3v) is 1.54. The second-order valence-corrected chi connectivity index (χ2v) is 2.39. The van der Waals surface area contributed by atoms with Crippen LogP contribution in [0.3, 0.4) is 0 Å². The maximum Gasteiger partial charge on any atom is 0.105 e. The van der Waals surface area contributed by atoms with Crippen molar-refractivity contribution in [3.63, 3.8) is 0 Å². The number of pyridine rings is 1. The lowest BCUT2D eigenvalue weighted by Gasteiger charge is -1.97. The van der Waals surface area contributed by atoms with E-state index >= 15 is 0 Å². The SMILES string of the molecule is C#Cc1cncc(-n2nccn2)c1. The van der Waals surface area contributed by atoms with Gasteiger partial charge in [0.2, 0.25) is 0 Å². The molecule has 2 aromatic rings. The highest BCUT2D eigenvalue weighted by Crippen LogP contribution is 2.04. The standard InChI is InChI=1S/C9H6N4/c1-2-8-5-9(7-10-6-8)13-11-3-4-12-13/h1,3-7H. The van der Waals surface area contributed by atoms with Gasteiger partial charge in [0.1, 0.15) is 5.69 Å². The maximum atomic E-state index is 5.23. The average Bonchev–Trinajstić information content (AvgIpc) is 2.71. The summed E-state index contributed by atoms with van der Waals surface area (Å²) in [6, 6.07) is 1.80. The van der Waals surface area contributed by atoms with Crippen LogP contribution in [0.1, 0.15) is 5.56 Å². The second-order valence-electron chi connectivity index (χ2n) is 2.39. The van der Waals surface area contributed by atoms with Gasteiger partial charge in [0.05, 0.1) is 18.6 Å². The Morgan fingerprint density at radius 2 is 2.00 bits per heavy atom. The van der Waals surface area contributed by atoms with Crippen molar-refractivity contribution in [1.82, 2.24) is 20.0 Å². The van der Waals surface area contributed by atoms with Crippen molar-refractivity contribution in [3.8, 4) is 18.0 Å². The molecular weight excluding hydrogens is 164 g/mol. The Balaban J connectivity index is 2.49. The molecule has 4 heteroatoms. The Morgan fingerprint density at radius 3 is 2.69 bits per heavy atom. The van der Waals surface area contributed by atoms with Crippen LogP contribution in [0.15, 0.2) is 30.9 Å². The molecule has 0 aliphatic rings. The zero-order chi connectivity index (χ0) is 9.10. The molecule has 0 bridgehead atoms. The Bertz CT molecular complexity index is 439. The van der Waals surface area contributed by atoms with Crippen LogP contribution in [0.5, 0.6) is 0 Å². The summed E-state index contributed by atoms with van der Waals surface area (Å²) in [4.78, 5) is 5.43. The summed E-state index contributed by atoms with van der Waals surface area (Å²) in [7, 11) is 0. The second kappa shape index (κ2) is 3.07. The zero-order valence-corrected chi connectivity index (χ0v) is 6.75. The van der Waals surface area contributed by atoms with Crippen molar-refractivity contribution in [3.05, 3.63) is 36.4 Å². The maximum absolute atomic E-state index is 5.23. The van der Waals surface area contributed by atoms with E-state index in [1.807, 2.05) is 0 Å². The summed E-state index contributed by atoms with van der Waals surface area (Å²) in [5, 5.41) is 7.92. The van der Waals surface area contributed by atoms with Crippen LogP contribution >= 0.6 is 0 Å². The highest BCUT2D eigenvalue weighted by atomic mass is 15.5. The van der Waals surface area contributed by atoms with Crippen LogP contribution in [-0.4, -0.2) is 20.0 Å². The zero-order valence-electron chi connectivity index (χ0n) is 6.75. The Kier molecular flexibility index (Phi) is 1.77. The molecule has 4 nitrogen and oxygen atoms in total. The van der Waals surface area contributed by atoms with E-state index < -0.39 is 0 Å². The summed E-state index contributed by atoms with van der Waals surface area (Å²) in [5.74, 6) is 2.50. The Morgan fingerprint density at radius 1 is 1.23 bits per heavy atom. The van der Waals surface area contributed by atoms with Crippen LogP contribution in [0.4, 0.5) is 0 Å². The number of nitrogens with zero attached hydrogens (tertiary/aromatic N) is 4. The van der Waals surface area contributed by atoms with Gasteiger partial charge in [-0.1, -0.05) is 5.92 Å². The molecule has 2 rings (SSSR count). The molecule has 0 N–H and O–H groups in total. The first-order valence-electron chi connectivity index (χ1n) is 3.68. The van der Waals surface area contributed by atoms with Crippen molar-refractivity contribution in [2.45, 2.75) is 0 Å². The van der Waals surface area contributed by atoms with Crippen LogP contribution in [0.2, 0.25) is 0 Å². The van der Waals surface area contributed by atoms with Crippen molar-refractivity contribution >= 4 is 0 Å². The summed E-state index contributed by atoms with van der Waals surface area (Å²) in [5.41, 5.74) is 1.48. The van der Waals surface area contributed by atoms with E-state index in [0.29, 0.717) is 0 Å². The predicted molar refractivity (Wildman–Crippen MR) is 47.1 cm³/mol. The Labute approximate surface area is 75.2 Å². The highest BCUT2D eigenvalue weighted by molar-refractivity contribution is 5.38. The first-order valence-corrected chi connectivity index (χ1v) is 3.68. The molecule has 2 heterocycles. The normalized spacial score (nSPS) is 9.46.